The lowest BCUT2D eigenvalue weighted by Gasteiger charge is -2.22. The maximum atomic E-state index is 12.7. The van der Waals surface area contributed by atoms with Gasteiger partial charge >= 0.3 is 6.03 Å². The molecule has 148 valence electrons. The van der Waals surface area contributed by atoms with Crippen molar-refractivity contribution >= 4 is 11.7 Å². The minimum absolute atomic E-state index is 0.0676. The highest BCUT2D eigenvalue weighted by molar-refractivity contribution is 5.90. The average molecular weight is 380 g/mol. The Balaban J connectivity index is 1.31. The average Bonchev–Trinajstić information content (AvgIpc) is 3.47. The summed E-state index contributed by atoms with van der Waals surface area (Å²) >= 11 is 0. The molecule has 1 aliphatic carbocycles. The number of anilines is 1. The fraction of sp³-hybridized carbons (Fsp3) is 0.455. The Kier molecular flexibility index (Phi) is 5.88. The number of nitrogens with zero attached hydrogens (tertiary/aromatic N) is 2. The summed E-state index contributed by atoms with van der Waals surface area (Å²) in [6.45, 7) is 0.693. The third-order valence-electron chi connectivity index (χ3n) is 5.68. The van der Waals surface area contributed by atoms with Crippen LogP contribution in [0.25, 0.3) is 0 Å². The number of hydrogen-bond donors (Lipinski definition) is 3. The zero-order valence-corrected chi connectivity index (χ0v) is 16.4. The number of carbonyl (C=O) groups excluding carboxylic acids is 1. The quantitative estimate of drug-likeness (QED) is 0.692. The lowest BCUT2D eigenvalue weighted by molar-refractivity contribution is 0.217. The standard InChI is InChI=1S/C22H29N5O/c1-27(15-19-14-21(26-25-19)17-9-10-17)22(28)24-20-8-3-2-6-16(20)11-12-18-7-4-5-13-23-18/h2-8,13,17,19,21,25-26H,9-12,14-15H2,1H3,(H,24,28). The molecule has 1 aromatic carbocycles. The lowest BCUT2D eigenvalue weighted by Crippen LogP contribution is -2.43. The SMILES string of the molecule is CN(CC1CC(C2CC2)NN1)C(=O)Nc1ccccc1CCc1ccccn1. The smallest absolute Gasteiger partial charge is 0.321 e. The maximum Gasteiger partial charge on any atom is 0.321 e. The number of urea groups is 1. The number of para-hydroxylation sites is 1. The molecule has 6 heteroatoms. The molecular formula is C22H29N5O. The van der Waals surface area contributed by atoms with Crippen molar-refractivity contribution in [3.05, 3.63) is 59.9 Å². The van der Waals surface area contributed by atoms with Crippen LogP contribution in [0.2, 0.25) is 0 Å². The zero-order valence-electron chi connectivity index (χ0n) is 16.4. The van der Waals surface area contributed by atoms with Gasteiger partial charge in [-0.1, -0.05) is 24.3 Å². The Labute approximate surface area is 166 Å². The molecule has 4 rings (SSSR count). The number of aromatic nitrogens is 1. The summed E-state index contributed by atoms with van der Waals surface area (Å²) < 4.78 is 0. The number of nitrogens with one attached hydrogen (secondary N) is 3. The highest BCUT2D eigenvalue weighted by Crippen LogP contribution is 2.35. The van der Waals surface area contributed by atoms with Crippen LogP contribution in [0, 0.1) is 5.92 Å². The Morgan fingerprint density at radius 1 is 1.14 bits per heavy atom. The van der Waals surface area contributed by atoms with Crippen molar-refractivity contribution in [3.63, 3.8) is 0 Å². The molecular weight excluding hydrogens is 350 g/mol. The number of benzene rings is 1. The number of likely N-dealkylation sites (N-methyl/N-ethyl adjacent to an activating group) is 1. The zero-order chi connectivity index (χ0) is 19.3. The van der Waals surface area contributed by atoms with Gasteiger partial charge in [0.25, 0.3) is 0 Å². The van der Waals surface area contributed by atoms with Gasteiger partial charge in [-0.25, -0.2) is 4.79 Å². The van der Waals surface area contributed by atoms with Crippen LogP contribution in [-0.2, 0) is 12.8 Å². The predicted molar refractivity (Wildman–Crippen MR) is 111 cm³/mol. The monoisotopic (exact) mass is 379 g/mol. The van der Waals surface area contributed by atoms with Crippen molar-refractivity contribution in [3.8, 4) is 0 Å². The van der Waals surface area contributed by atoms with E-state index in [9.17, 15) is 4.79 Å². The number of amides is 2. The van der Waals surface area contributed by atoms with Gasteiger partial charge < -0.3 is 10.2 Å². The summed E-state index contributed by atoms with van der Waals surface area (Å²) in [6, 6.07) is 14.8. The number of rotatable bonds is 7. The van der Waals surface area contributed by atoms with E-state index in [0.29, 0.717) is 18.6 Å². The van der Waals surface area contributed by atoms with E-state index in [-0.39, 0.29) is 6.03 Å². The van der Waals surface area contributed by atoms with Crippen molar-refractivity contribution in [2.24, 2.45) is 5.92 Å². The summed E-state index contributed by atoms with van der Waals surface area (Å²) in [5.74, 6) is 0.822. The topological polar surface area (TPSA) is 69.3 Å². The highest BCUT2D eigenvalue weighted by atomic mass is 16.2. The molecule has 2 fully saturated rings. The Bertz CT molecular complexity index is 793. The van der Waals surface area contributed by atoms with Crippen LogP contribution >= 0.6 is 0 Å². The molecule has 2 heterocycles. The van der Waals surface area contributed by atoms with Crippen LogP contribution in [0.5, 0.6) is 0 Å². The minimum atomic E-state index is -0.0676. The normalized spacial score (nSPS) is 21.5. The molecule has 1 aliphatic heterocycles. The number of aryl methyl sites for hydroxylation is 2. The Morgan fingerprint density at radius 2 is 1.96 bits per heavy atom. The predicted octanol–water partition coefficient (Wildman–Crippen LogP) is 2.98. The molecule has 2 amide bonds. The molecule has 28 heavy (non-hydrogen) atoms. The number of pyridine rings is 1. The third kappa shape index (κ3) is 4.88. The second-order valence-electron chi connectivity index (χ2n) is 7.95. The first kappa shape index (κ1) is 18.9. The molecule has 1 saturated carbocycles. The summed E-state index contributed by atoms with van der Waals surface area (Å²) in [5, 5.41) is 3.09. The Morgan fingerprint density at radius 3 is 2.75 bits per heavy atom. The number of hydrazine groups is 1. The highest BCUT2D eigenvalue weighted by Gasteiger charge is 2.36. The van der Waals surface area contributed by atoms with Gasteiger partial charge in [0.05, 0.1) is 0 Å². The number of carbonyl (C=O) groups is 1. The summed E-state index contributed by atoms with van der Waals surface area (Å²) in [4.78, 5) is 18.9. The second kappa shape index (κ2) is 8.71. The largest absolute Gasteiger partial charge is 0.326 e. The van der Waals surface area contributed by atoms with Crippen LogP contribution in [-0.4, -0.2) is 41.6 Å². The molecule has 0 bridgehead atoms. The summed E-state index contributed by atoms with van der Waals surface area (Å²) in [6.07, 6.45) is 7.26. The van der Waals surface area contributed by atoms with E-state index in [1.165, 1.54) is 12.8 Å². The molecule has 0 spiro atoms. The van der Waals surface area contributed by atoms with Crippen molar-refractivity contribution in [2.75, 3.05) is 18.9 Å². The second-order valence-corrected chi connectivity index (χ2v) is 7.95. The van der Waals surface area contributed by atoms with Gasteiger partial charge in [0, 0.05) is 43.3 Å². The molecule has 2 aromatic rings. The van der Waals surface area contributed by atoms with Crippen LogP contribution in [0.15, 0.2) is 48.7 Å². The van der Waals surface area contributed by atoms with Gasteiger partial charge in [-0.05, 0) is 61.8 Å². The van der Waals surface area contributed by atoms with E-state index in [1.54, 1.807) is 4.90 Å². The summed E-state index contributed by atoms with van der Waals surface area (Å²) in [7, 11) is 1.86. The van der Waals surface area contributed by atoms with Crippen LogP contribution < -0.4 is 16.2 Å². The van der Waals surface area contributed by atoms with Crippen LogP contribution in [0.3, 0.4) is 0 Å². The first-order chi connectivity index (χ1) is 13.7. The lowest BCUT2D eigenvalue weighted by atomic mass is 10.1. The molecule has 0 radical (unpaired) electrons. The van der Waals surface area contributed by atoms with Gasteiger partial charge in [-0.2, -0.15) is 0 Å². The van der Waals surface area contributed by atoms with E-state index >= 15 is 0 Å². The fourth-order valence-corrected chi connectivity index (χ4v) is 3.87. The van der Waals surface area contributed by atoms with E-state index in [0.717, 1.165) is 42.1 Å². The van der Waals surface area contributed by atoms with Gasteiger partial charge in [0.15, 0.2) is 0 Å². The third-order valence-corrected chi connectivity index (χ3v) is 5.68. The van der Waals surface area contributed by atoms with Gasteiger partial charge in [0.1, 0.15) is 0 Å². The summed E-state index contributed by atoms with van der Waals surface area (Å²) in [5.41, 5.74) is 9.81. The first-order valence-corrected chi connectivity index (χ1v) is 10.2. The molecule has 1 aromatic heterocycles. The number of hydrogen-bond acceptors (Lipinski definition) is 4. The molecule has 6 nitrogen and oxygen atoms in total. The molecule has 2 unspecified atom stereocenters. The molecule has 3 N–H and O–H groups in total. The van der Waals surface area contributed by atoms with Gasteiger partial charge in [0.2, 0.25) is 0 Å². The molecule has 1 saturated heterocycles. The van der Waals surface area contributed by atoms with Crippen LogP contribution in [0.1, 0.15) is 30.5 Å². The molecule has 2 aliphatic rings. The fourth-order valence-electron chi connectivity index (χ4n) is 3.87. The van der Waals surface area contributed by atoms with Crippen molar-refractivity contribution in [1.29, 1.82) is 0 Å². The van der Waals surface area contributed by atoms with E-state index < -0.39 is 0 Å². The van der Waals surface area contributed by atoms with E-state index in [4.69, 9.17) is 0 Å². The van der Waals surface area contributed by atoms with Crippen molar-refractivity contribution < 1.29 is 4.79 Å². The first-order valence-electron chi connectivity index (χ1n) is 10.2. The van der Waals surface area contributed by atoms with Crippen molar-refractivity contribution in [2.45, 2.75) is 44.2 Å². The Hall–Kier alpha value is -2.44. The molecule has 2 atom stereocenters. The van der Waals surface area contributed by atoms with Gasteiger partial charge in [-0.3, -0.25) is 15.8 Å². The van der Waals surface area contributed by atoms with Gasteiger partial charge in [-0.15, -0.1) is 0 Å². The van der Waals surface area contributed by atoms with Crippen molar-refractivity contribution in [1.82, 2.24) is 20.7 Å². The van der Waals surface area contributed by atoms with E-state index in [1.807, 2.05) is 49.6 Å². The van der Waals surface area contributed by atoms with E-state index in [2.05, 4.69) is 27.2 Å². The minimum Gasteiger partial charge on any atom is -0.326 e. The maximum absolute atomic E-state index is 12.7. The van der Waals surface area contributed by atoms with Crippen LogP contribution in [0.4, 0.5) is 10.5 Å².